The number of amides is 1. The van der Waals surface area contributed by atoms with E-state index in [0.717, 1.165) is 26.2 Å². The van der Waals surface area contributed by atoms with Gasteiger partial charge in [0.05, 0.1) is 6.54 Å². The molecule has 0 radical (unpaired) electrons. The Morgan fingerprint density at radius 2 is 2.00 bits per heavy atom. The van der Waals surface area contributed by atoms with Gasteiger partial charge in [0, 0.05) is 25.7 Å². The van der Waals surface area contributed by atoms with Gasteiger partial charge in [0.2, 0.25) is 5.91 Å². The van der Waals surface area contributed by atoms with Gasteiger partial charge in [-0.3, -0.25) is 9.69 Å². The van der Waals surface area contributed by atoms with E-state index in [1.165, 1.54) is 32.1 Å². The van der Waals surface area contributed by atoms with Crippen LogP contribution in [0.2, 0.25) is 0 Å². The van der Waals surface area contributed by atoms with Crippen molar-refractivity contribution in [2.75, 3.05) is 39.8 Å². The second kappa shape index (κ2) is 6.36. The van der Waals surface area contributed by atoms with E-state index >= 15 is 0 Å². The summed E-state index contributed by atoms with van der Waals surface area (Å²) in [4.78, 5) is 16.5. The third-order valence-corrected chi connectivity index (χ3v) is 4.00. The lowest BCUT2D eigenvalue weighted by Crippen LogP contribution is -2.43. The molecule has 2 heterocycles. The minimum absolute atomic E-state index is 0.321. The second-order valence-corrected chi connectivity index (χ2v) is 5.36. The molecule has 1 amide bonds. The molecule has 2 rings (SSSR count). The van der Waals surface area contributed by atoms with Crippen molar-refractivity contribution in [3.63, 3.8) is 0 Å². The van der Waals surface area contributed by atoms with Crippen LogP contribution in [-0.4, -0.2) is 61.5 Å². The predicted octanol–water partition coefficient (Wildman–Crippen LogP) is 0.683. The normalized spacial score (nSPS) is 26.2. The van der Waals surface area contributed by atoms with Crippen LogP contribution in [0.15, 0.2) is 0 Å². The van der Waals surface area contributed by atoms with E-state index in [4.69, 9.17) is 0 Å². The number of hydrogen-bond acceptors (Lipinski definition) is 3. The van der Waals surface area contributed by atoms with E-state index in [2.05, 4.69) is 22.2 Å². The van der Waals surface area contributed by atoms with Crippen molar-refractivity contribution in [3.8, 4) is 0 Å². The first kappa shape index (κ1) is 12.8. The Kier molecular flexibility index (Phi) is 4.80. The molecule has 0 spiro atoms. The number of carbonyl (C=O) groups excluding carboxylic acids is 1. The van der Waals surface area contributed by atoms with Crippen molar-refractivity contribution < 1.29 is 4.79 Å². The van der Waals surface area contributed by atoms with Crippen molar-refractivity contribution in [3.05, 3.63) is 0 Å². The Labute approximate surface area is 104 Å². The fourth-order valence-electron chi connectivity index (χ4n) is 2.78. The molecule has 2 saturated heterocycles. The van der Waals surface area contributed by atoms with Crippen LogP contribution in [-0.2, 0) is 4.79 Å². The van der Waals surface area contributed by atoms with E-state index in [-0.39, 0.29) is 0 Å². The number of carbonyl (C=O) groups is 1. The van der Waals surface area contributed by atoms with Crippen molar-refractivity contribution >= 4 is 5.91 Å². The number of hydrogen-bond donors (Lipinski definition) is 1. The van der Waals surface area contributed by atoms with Crippen LogP contribution >= 0.6 is 0 Å². The van der Waals surface area contributed by atoms with Gasteiger partial charge in [0.25, 0.3) is 0 Å². The van der Waals surface area contributed by atoms with Gasteiger partial charge >= 0.3 is 0 Å². The fourth-order valence-corrected chi connectivity index (χ4v) is 2.78. The lowest BCUT2D eigenvalue weighted by atomic mass is 10.2. The highest BCUT2D eigenvalue weighted by molar-refractivity contribution is 5.78. The smallest absolute Gasteiger partial charge is 0.236 e. The van der Waals surface area contributed by atoms with Gasteiger partial charge in [-0.05, 0) is 32.9 Å². The number of nitrogens with zero attached hydrogens (tertiary/aromatic N) is 2. The topological polar surface area (TPSA) is 35.6 Å². The third-order valence-electron chi connectivity index (χ3n) is 4.00. The summed E-state index contributed by atoms with van der Waals surface area (Å²) in [6.07, 6.45) is 6.10. The predicted molar refractivity (Wildman–Crippen MR) is 69.0 cm³/mol. The molecule has 0 saturated carbocycles. The van der Waals surface area contributed by atoms with Crippen LogP contribution in [0.4, 0.5) is 0 Å². The first-order valence-corrected chi connectivity index (χ1v) is 6.96. The van der Waals surface area contributed by atoms with E-state index in [1.54, 1.807) is 0 Å². The summed E-state index contributed by atoms with van der Waals surface area (Å²) in [5.41, 5.74) is 0. The third kappa shape index (κ3) is 3.68. The fraction of sp³-hybridized carbons (Fsp3) is 0.923. The number of likely N-dealkylation sites (tertiary alicyclic amines) is 1. The van der Waals surface area contributed by atoms with Crippen LogP contribution < -0.4 is 5.32 Å². The zero-order valence-electron chi connectivity index (χ0n) is 11.0. The first-order valence-electron chi connectivity index (χ1n) is 6.96. The molecule has 0 aromatic carbocycles. The molecule has 0 aliphatic carbocycles. The quantitative estimate of drug-likeness (QED) is 0.787. The maximum absolute atomic E-state index is 12.2. The molecule has 1 unspecified atom stereocenters. The highest BCUT2D eigenvalue weighted by atomic mass is 16.2. The minimum atomic E-state index is 0.321. The number of nitrogens with one attached hydrogen (secondary N) is 1. The van der Waals surface area contributed by atoms with Gasteiger partial charge in [-0.2, -0.15) is 0 Å². The largest absolute Gasteiger partial charge is 0.342 e. The maximum Gasteiger partial charge on any atom is 0.236 e. The second-order valence-electron chi connectivity index (χ2n) is 5.36. The lowest BCUT2D eigenvalue weighted by molar-refractivity contribution is -0.132. The van der Waals surface area contributed by atoms with Gasteiger partial charge < -0.3 is 10.2 Å². The van der Waals surface area contributed by atoms with Crippen molar-refractivity contribution in [1.82, 2.24) is 15.1 Å². The lowest BCUT2D eigenvalue weighted by Gasteiger charge is -2.27. The summed E-state index contributed by atoms with van der Waals surface area (Å²) < 4.78 is 0. The van der Waals surface area contributed by atoms with E-state index in [9.17, 15) is 4.79 Å². The Hall–Kier alpha value is -0.610. The van der Waals surface area contributed by atoms with Crippen molar-refractivity contribution in [2.24, 2.45) is 0 Å². The summed E-state index contributed by atoms with van der Waals surface area (Å²) in [5.74, 6) is 0.321. The maximum atomic E-state index is 12.2. The zero-order chi connectivity index (χ0) is 12.1. The zero-order valence-corrected chi connectivity index (χ0v) is 11.0. The highest BCUT2D eigenvalue weighted by Crippen LogP contribution is 2.11. The first-order chi connectivity index (χ1) is 8.27. The number of rotatable bonds is 3. The van der Waals surface area contributed by atoms with Gasteiger partial charge in [-0.1, -0.05) is 12.8 Å². The summed E-state index contributed by atoms with van der Waals surface area (Å²) in [6.45, 7) is 4.65. The highest BCUT2D eigenvalue weighted by Gasteiger charge is 2.23. The molecule has 0 aromatic rings. The van der Waals surface area contributed by atoms with Gasteiger partial charge in [0.1, 0.15) is 0 Å². The minimum Gasteiger partial charge on any atom is -0.342 e. The van der Waals surface area contributed by atoms with Crippen molar-refractivity contribution in [1.29, 1.82) is 0 Å². The Morgan fingerprint density at radius 1 is 1.29 bits per heavy atom. The molecule has 1 N–H and O–H groups in total. The van der Waals surface area contributed by atoms with Crippen LogP contribution in [0, 0.1) is 0 Å². The molecule has 2 fully saturated rings. The van der Waals surface area contributed by atoms with Crippen LogP contribution in [0.25, 0.3) is 0 Å². The summed E-state index contributed by atoms with van der Waals surface area (Å²) in [5, 5.41) is 3.35. The molecule has 2 aliphatic rings. The van der Waals surface area contributed by atoms with Crippen LogP contribution in [0.3, 0.4) is 0 Å². The molecule has 1 atom stereocenters. The summed E-state index contributed by atoms with van der Waals surface area (Å²) >= 11 is 0. The SMILES string of the molecule is CN(CC(=O)N1CCCCCC1)C1CCNC1. The molecule has 98 valence electrons. The van der Waals surface area contributed by atoms with E-state index < -0.39 is 0 Å². The van der Waals surface area contributed by atoms with Crippen molar-refractivity contribution in [2.45, 2.75) is 38.1 Å². The van der Waals surface area contributed by atoms with Gasteiger partial charge in [0.15, 0.2) is 0 Å². The van der Waals surface area contributed by atoms with Gasteiger partial charge in [-0.25, -0.2) is 0 Å². The van der Waals surface area contributed by atoms with E-state index in [0.29, 0.717) is 18.5 Å². The van der Waals surface area contributed by atoms with Crippen LogP contribution in [0.1, 0.15) is 32.1 Å². The molecular formula is C13H25N3O. The Bertz CT molecular complexity index is 243. The summed E-state index contributed by atoms with van der Waals surface area (Å²) in [6, 6.07) is 0.547. The molecule has 17 heavy (non-hydrogen) atoms. The van der Waals surface area contributed by atoms with E-state index in [1.807, 2.05) is 0 Å². The average Bonchev–Trinajstić information content (AvgIpc) is 2.71. The Morgan fingerprint density at radius 3 is 2.59 bits per heavy atom. The monoisotopic (exact) mass is 239 g/mol. The number of likely N-dealkylation sites (N-methyl/N-ethyl adjacent to an activating group) is 1. The molecular weight excluding hydrogens is 214 g/mol. The molecule has 2 aliphatic heterocycles. The molecule has 0 aromatic heterocycles. The van der Waals surface area contributed by atoms with Crippen LogP contribution in [0.5, 0.6) is 0 Å². The van der Waals surface area contributed by atoms with Gasteiger partial charge in [-0.15, -0.1) is 0 Å². The Balaban J connectivity index is 1.78. The molecule has 0 bridgehead atoms. The molecule has 4 heteroatoms. The average molecular weight is 239 g/mol. The summed E-state index contributed by atoms with van der Waals surface area (Å²) in [7, 11) is 2.08. The molecule has 4 nitrogen and oxygen atoms in total. The standard InChI is InChI=1S/C13H25N3O/c1-15(12-6-7-14-10-12)11-13(17)16-8-4-2-3-5-9-16/h12,14H,2-11H2,1H3.